The maximum absolute atomic E-state index is 10.9. The van der Waals surface area contributed by atoms with Gasteiger partial charge < -0.3 is 0 Å². The molecule has 82 valence electrons. The van der Waals surface area contributed by atoms with Gasteiger partial charge in [0.1, 0.15) is 0 Å². The van der Waals surface area contributed by atoms with Crippen LogP contribution in [0, 0.1) is 0 Å². The highest BCUT2D eigenvalue weighted by molar-refractivity contribution is 6.63. The first-order chi connectivity index (χ1) is 7.15. The standard InChI is InChI=1S/C12H14Cl2O/c1-2-5-9(8-12(14)15)10-6-3-4-7-11(10)13/h3-4,6-7,9H,2,5,8H2,1H3. The van der Waals surface area contributed by atoms with Crippen LogP contribution in [0.5, 0.6) is 0 Å². The lowest BCUT2D eigenvalue weighted by atomic mass is 9.92. The van der Waals surface area contributed by atoms with Crippen LogP contribution >= 0.6 is 23.2 Å². The highest BCUT2D eigenvalue weighted by Gasteiger charge is 2.16. The average molecular weight is 245 g/mol. The van der Waals surface area contributed by atoms with Crippen LogP contribution in [0.25, 0.3) is 0 Å². The zero-order valence-electron chi connectivity index (χ0n) is 8.67. The zero-order chi connectivity index (χ0) is 11.3. The van der Waals surface area contributed by atoms with E-state index in [1.807, 2.05) is 24.3 Å². The molecule has 1 atom stereocenters. The second-order valence-electron chi connectivity index (χ2n) is 3.57. The Hall–Kier alpha value is -0.530. The second-order valence-corrected chi connectivity index (χ2v) is 4.40. The molecule has 3 heteroatoms. The molecule has 1 aromatic carbocycles. The quantitative estimate of drug-likeness (QED) is 0.703. The molecule has 0 bridgehead atoms. The summed E-state index contributed by atoms with van der Waals surface area (Å²) < 4.78 is 0. The fourth-order valence-electron chi connectivity index (χ4n) is 1.72. The molecule has 0 saturated carbocycles. The summed E-state index contributed by atoms with van der Waals surface area (Å²) in [6, 6.07) is 7.63. The second kappa shape index (κ2) is 6.14. The summed E-state index contributed by atoms with van der Waals surface area (Å²) in [5.41, 5.74) is 1.02. The summed E-state index contributed by atoms with van der Waals surface area (Å²) in [6.07, 6.45) is 2.31. The molecule has 0 aromatic heterocycles. The molecule has 1 aromatic rings. The first-order valence-corrected chi connectivity index (χ1v) is 5.83. The molecule has 0 aliphatic rings. The van der Waals surface area contributed by atoms with E-state index in [1.165, 1.54) is 0 Å². The Morgan fingerprint density at radius 2 is 2.07 bits per heavy atom. The van der Waals surface area contributed by atoms with E-state index in [1.54, 1.807) is 0 Å². The van der Waals surface area contributed by atoms with Crippen LogP contribution in [0.4, 0.5) is 0 Å². The van der Waals surface area contributed by atoms with Gasteiger partial charge in [-0.2, -0.15) is 0 Å². The van der Waals surface area contributed by atoms with Crippen LogP contribution in [-0.2, 0) is 4.79 Å². The predicted octanol–water partition coefficient (Wildman–Crippen LogP) is 4.38. The van der Waals surface area contributed by atoms with E-state index in [9.17, 15) is 4.79 Å². The number of carbonyl (C=O) groups is 1. The van der Waals surface area contributed by atoms with Gasteiger partial charge in [0, 0.05) is 11.4 Å². The molecule has 0 aliphatic heterocycles. The summed E-state index contributed by atoms with van der Waals surface area (Å²) in [6.45, 7) is 2.09. The summed E-state index contributed by atoms with van der Waals surface area (Å²) in [5, 5.41) is 0.419. The fraction of sp³-hybridized carbons (Fsp3) is 0.417. The first kappa shape index (κ1) is 12.5. The normalized spacial score (nSPS) is 12.5. The van der Waals surface area contributed by atoms with Gasteiger partial charge in [-0.15, -0.1) is 0 Å². The van der Waals surface area contributed by atoms with E-state index >= 15 is 0 Å². The lowest BCUT2D eigenvalue weighted by Crippen LogP contribution is -2.03. The van der Waals surface area contributed by atoms with Gasteiger partial charge in [-0.1, -0.05) is 43.1 Å². The van der Waals surface area contributed by atoms with Crippen molar-refractivity contribution >= 4 is 28.4 Å². The third-order valence-corrected chi connectivity index (χ3v) is 2.89. The van der Waals surface area contributed by atoms with Crippen LogP contribution < -0.4 is 0 Å². The van der Waals surface area contributed by atoms with Gasteiger partial charge in [0.15, 0.2) is 0 Å². The Bertz CT molecular complexity index is 336. The van der Waals surface area contributed by atoms with Crippen LogP contribution in [0.3, 0.4) is 0 Å². The zero-order valence-corrected chi connectivity index (χ0v) is 10.2. The van der Waals surface area contributed by atoms with Crippen LogP contribution in [0.2, 0.25) is 5.02 Å². The molecule has 0 spiro atoms. The van der Waals surface area contributed by atoms with Gasteiger partial charge >= 0.3 is 0 Å². The van der Waals surface area contributed by atoms with Crippen LogP contribution in [-0.4, -0.2) is 5.24 Å². The Kier molecular flexibility index (Phi) is 5.13. The van der Waals surface area contributed by atoms with E-state index < -0.39 is 0 Å². The van der Waals surface area contributed by atoms with Crippen LogP contribution in [0.1, 0.15) is 37.7 Å². The highest BCUT2D eigenvalue weighted by Crippen LogP contribution is 2.31. The summed E-state index contributed by atoms with van der Waals surface area (Å²) in [5.74, 6) is 0.147. The molecule has 1 rings (SSSR count). The molecule has 0 heterocycles. The molecular formula is C12H14Cl2O. The van der Waals surface area contributed by atoms with E-state index in [0.717, 1.165) is 18.4 Å². The number of benzene rings is 1. The topological polar surface area (TPSA) is 17.1 Å². The smallest absolute Gasteiger partial charge is 0.222 e. The third-order valence-electron chi connectivity index (χ3n) is 2.39. The SMILES string of the molecule is CCCC(CC(=O)Cl)c1ccccc1Cl. The van der Waals surface area contributed by atoms with Crippen molar-refractivity contribution in [2.45, 2.75) is 32.1 Å². The lowest BCUT2D eigenvalue weighted by molar-refractivity contribution is -0.112. The van der Waals surface area contributed by atoms with Crippen LogP contribution in [0.15, 0.2) is 24.3 Å². The third kappa shape index (κ3) is 3.84. The van der Waals surface area contributed by atoms with E-state index in [0.29, 0.717) is 11.4 Å². The van der Waals surface area contributed by atoms with E-state index in [-0.39, 0.29) is 11.2 Å². The first-order valence-electron chi connectivity index (χ1n) is 5.08. The van der Waals surface area contributed by atoms with Gasteiger partial charge in [0.05, 0.1) is 0 Å². The maximum atomic E-state index is 10.9. The number of hydrogen-bond acceptors (Lipinski definition) is 1. The molecule has 0 radical (unpaired) electrons. The largest absolute Gasteiger partial charge is 0.281 e. The van der Waals surface area contributed by atoms with Gasteiger partial charge in [-0.05, 0) is 35.6 Å². The monoisotopic (exact) mass is 244 g/mol. The number of hydrogen-bond donors (Lipinski definition) is 0. The Morgan fingerprint density at radius 1 is 1.40 bits per heavy atom. The van der Waals surface area contributed by atoms with Gasteiger partial charge in [0.25, 0.3) is 0 Å². The van der Waals surface area contributed by atoms with E-state index in [4.69, 9.17) is 23.2 Å². The highest BCUT2D eigenvalue weighted by atomic mass is 35.5. The molecular weight excluding hydrogens is 231 g/mol. The van der Waals surface area contributed by atoms with Crippen molar-refractivity contribution in [1.82, 2.24) is 0 Å². The lowest BCUT2D eigenvalue weighted by Gasteiger charge is -2.15. The minimum atomic E-state index is -0.298. The fourth-order valence-corrected chi connectivity index (χ4v) is 2.19. The van der Waals surface area contributed by atoms with Crippen molar-refractivity contribution in [2.75, 3.05) is 0 Å². The minimum absolute atomic E-state index is 0.147. The Balaban J connectivity index is 2.88. The molecule has 0 amide bonds. The van der Waals surface area contributed by atoms with Crippen molar-refractivity contribution in [3.63, 3.8) is 0 Å². The van der Waals surface area contributed by atoms with Crippen molar-refractivity contribution in [3.05, 3.63) is 34.9 Å². The number of rotatable bonds is 5. The number of halogens is 2. The summed E-state index contributed by atoms with van der Waals surface area (Å²) in [7, 11) is 0. The minimum Gasteiger partial charge on any atom is -0.281 e. The van der Waals surface area contributed by atoms with Crippen molar-refractivity contribution in [1.29, 1.82) is 0 Å². The molecule has 0 N–H and O–H groups in total. The maximum Gasteiger partial charge on any atom is 0.222 e. The summed E-state index contributed by atoms with van der Waals surface area (Å²) in [4.78, 5) is 10.9. The molecule has 0 aliphatic carbocycles. The Morgan fingerprint density at radius 3 is 2.60 bits per heavy atom. The van der Waals surface area contributed by atoms with Gasteiger partial charge in [-0.3, -0.25) is 4.79 Å². The molecule has 15 heavy (non-hydrogen) atoms. The Labute approximate surface area is 100 Å². The average Bonchev–Trinajstić information content (AvgIpc) is 2.17. The van der Waals surface area contributed by atoms with E-state index in [2.05, 4.69) is 6.92 Å². The molecule has 0 fully saturated rings. The summed E-state index contributed by atoms with van der Waals surface area (Å²) >= 11 is 11.5. The molecule has 1 nitrogen and oxygen atoms in total. The van der Waals surface area contributed by atoms with Crippen molar-refractivity contribution in [2.24, 2.45) is 0 Å². The van der Waals surface area contributed by atoms with Crippen molar-refractivity contribution in [3.8, 4) is 0 Å². The number of carbonyl (C=O) groups excluding carboxylic acids is 1. The van der Waals surface area contributed by atoms with Crippen molar-refractivity contribution < 1.29 is 4.79 Å². The van der Waals surface area contributed by atoms with Gasteiger partial charge in [0.2, 0.25) is 5.24 Å². The van der Waals surface area contributed by atoms with Gasteiger partial charge in [-0.25, -0.2) is 0 Å². The molecule has 0 saturated heterocycles. The molecule has 1 unspecified atom stereocenters. The predicted molar refractivity (Wildman–Crippen MR) is 64.6 cm³/mol.